The number of hydrogen-bond donors (Lipinski definition) is 2. The summed E-state index contributed by atoms with van der Waals surface area (Å²) >= 11 is 8.33. The van der Waals surface area contributed by atoms with Crippen molar-refractivity contribution in [3.05, 3.63) is 53.1 Å². The second kappa shape index (κ2) is 8.85. The van der Waals surface area contributed by atoms with E-state index >= 15 is 0 Å². The first-order valence-electron chi connectivity index (χ1n) is 7.33. The Morgan fingerprint density at radius 1 is 1.22 bits per heavy atom. The van der Waals surface area contributed by atoms with Gasteiger partial charge in [0.2, 0.25) is 0 Å². The Hall–Kier alpha value is -1.64. The molecular formula is C17H18AsClN2O2. The SMILES string of the molecule is CCOC(=O)Nc1ccc(CCNc2ccc(Cl)cc2)cc1[As]. The Balaban J connectivity index is 1.87. The molecule has 0 unspecified atom stereocenters. The van der Waals surface area contributed by atoms with E-state index < -0.39 is 6.09 Å². The minimum absolute atomic E-state index is 0.355. The Morgan fingerprint density at radius 3 is 2.61 bits per heavy atom. The van der Waals surface area contributed by atoms with E-state index in [1.807, 2.05) is 42.5 Å². The Morgan fingerprint density at radius 2 is 1.96 bits per heavy atom. The maximum absolute atomic E-state index is 11.4. The molecule has 2 aromatic carbocycles. The van der Waals surface area contributed by atoms with Gasteiger partial charge in [-0.2, -0.15) is 0 Å². The van der Waals surface area contributed by atoms with Crippen LogP contribution in [0.1, 0.15) is 12.5 Å². The average Bonchev–Trinajstić information content (AvgIpc) is 2.52. The number of nitrogens with one attached hydrogen (secondary N) is 2. The fourth-order valence-electron chi connectivity index (χ4n) is 2.03. The van der Waals surface area contributed by atoms with Crippen LogP contribution in [0.5, 0.6) is 0 Å². The molecule has 0 aliphatic carbocycles. The van der Waals surface area contributed by atoms with E-state index in [-0.39, 0.29) is 0 Å². The summed E-state index contributed by atoms with van der Waals surface area (Å²) < 4.78 is 5.83. The third-order valence-corrected chi connectivity index (χ3v) is 4.19. The molecule has 6 heteroatoms. The molecule has 23 heavy (non-hydrogen) atoms. The molecule has 0 spiro atoms. The Bertz CT molecular complexity index is 662. The standard InChI is InChI=1S/C17H18AsClN2O2/c1-2-23-17(22)21-16-8-3-12(11-15(16)18)9-10-20-14-6-4-13(19)5-7-14/h3-8,11,20H,2,9-10H2,1H3,(H,21,22). The molecule has 2 aromatic rings. The first kappa shape index (κ1) is 17.7. The van der Waals surface area contributed by atoms with Gasteiger partial charge < -0.3 is 0 Å². The normalized spacial score (nSPS) is 10.2. The number of halogens is 1. The molecule has 0 atom stereocenters. The monoisotopic (exact) mass is 392 g/mol. The summed E-state index contributed by atoms with van der Waals surface area (Å²) in [7, 11) is 0. The molecule has 0 aliphatic heterocycles. The number of carbonyl (C=O) groups is 1. The van der Waals surface area contributed by atoms with Gasteiger partial charge in [-0.15, -0.1) is 0 Å². The second-order valence-corrected chi connectivity index (χ2v) is 6.33. The van der Waals surface area contributed by atoms with E-state index in [9.17, 15) is 4.79 Å². The van der Waals surface area contributed by atoms with Crippen LogP contribution in [0.4, 0.5) is 16.2 Å². The third kappa shape index (κ3) is 5.81. The van der Waals surface area contributed by atoms with Crippen LogP contribution in [0.3, 0.4) is 0 Å². The molecule has 120 valence electrons. The van der Waals surface area contributed by atoms with Crippen LogP contribution >= 0.6 is 11.6 Å². The van der Waals surface area contributed by atoms with Crippen molar-refractivity contribution in [2.45, 2.75) is 13.3 Å². The number of rotatable bonds is 6. The van der Waals surface area contributed by atoms with Gasteiger partial charge in [-0.05, 0) is 0 Å². The summed E-state index contributed by atoms with van der Waals surface area (Å²) in [5, 5.41) is 6.80. The summed E-state index contributed by atoms with van der Waals surface area (Å²) in [4.78, 5) is 11.4. The van der Waals surface area contributed by atoms with E-state index in [2.05, 4.69) is 27.5 Å². The summed E-state index contributed by atoms with van der Waals surface area (Å²) in [6, 6.07) is 13.6. The van der Waals surface area contributed by atoms with Gasteiger partial charge in [-0.25, -0.2) is 0 Å². The van der Waals surface area contributed by atoms with E-state index in [1.165, 1.54) is 5.56 Å². The molecule has 2 N–H and O–H groups in total. The van der Waals surface area contributed by atoms with Gasteiger partial charge in [0.15, 0.2) is 0 Å². The fraction of sp³-hybridized carbons (Fsp3) is 0.235. The maximum atomic E-state index is 11.4. The number of ether oxygens (including phenoxy) is 1. The van der Waals surface area contributed by atoms with Gasteiger partial charge in [0.25, 0.3) is 0 Å². The molecule has 4 nitrogen and oxygen atoms in total. The molecule has 0 bridgehead atoms. The van der Waals surface area contributed by atoms with Crippen molar-refractivity contribution in [1.29, 1.82) is 0 Å². The predicted molar refractivity (Wildman–Crippen MR) is 96.1 cm³/mol. The summed E-state index contributed by atoms with van der Waals surface area (Å²) in [5.74, 6) is 0. The molecule has 1 amide bonds. The number of carbonyl (C=O) groups excluding carboxylic acids is 1. The van der Waals surface area contributed by atoms with Crippen molar-refractivity contribution in [2.75, 3.05) is 23.8 Å². The number of hydrogen-bond acceptors (Lipinski definition) is 3. The van der Waals surface area contributed by atoms with Gasteiger partial charge in [-0.1, -0.05) is 0 Å². The van der Waals surface area contributed by atoms with Gasteiger partial charge in [0, 0.05) is 0 Å². The van der Waals surface area contributed by atoms with Gasteiger partial charge in [-0.3, -0.25) is 0 Å². The van der Waals surface area contributed by atoms with Crippen molar-refractivity contribution in [1.82, 2.24) is 0 Å². The third-order valence-electron chi connectivity index (χ3n) is 3.16. The van der Waals surface area contributed by atoms with Crippen molar-refractivity contribution >= 4 is 50.3 Å². The first-order valence-corrected chi connectivity index (χ1v) is 8.65. The van der Waals surface area contributed by atoms with Crippen LogP contribution in [-0.2, 0) is 11.2 Å². The molecule has 0 heterocycles. The second-order valence-electron chi connectivity index (χ2n) is 4.88. The van der Waals surface area contributed by atoms with Crippen LogP contribution in [0.25, 0.3) is 0 Å². The first-order chi connectivity index (χ1) is 11.1. The van der Waals surface area contributed by atoms with Crippen molar-refractivity contribution < 1.29 is 9.53 Å². The van der Waals surface area contributed by atoms with Gasteiger partial charge in [0.1, 0.15) is 0 Å². The number of anilines is 2. The topological polar surface area (TPSA) is 50.4 Å². The predicted octanol–water partition coefficient (Wildman–Crippen LogP) is 3.36. The molecule has 0 saturated carbocycles. The van der Waals surface area contributed by atoms with Gasteiger partial charge >= 0.3 is 150 Å². The van der Waals surface area contributed by atoms with E-state index in [4.69, 9.17) is 16.3 Å². The zero-order chi connectivity index (χ0) is 16.7. The van der Waals surface area contributed by atoms with E-state index in [1.54, 1.807) is 6.92 Å². The zero-order valence-corrected chi connectivity index (χ0v) is 15.4. The van der Waals surface area contributed by atoms with Crippen molar-refractivity contribution in [3.8, 4) is 0 Å². The summed E-state index contributed by atoms with van der Waals surface area (Å²) in [6.45, 7) is 2.95. The Labute approximate surface area is 150 Å². The molecule has 2 rings (SSSR count). The molecule has 2 radical (unpaired) electrons. The molecule has 0 fully saturated rings. The van der Waals surface area contributed by atoms with Crippen molar-refractivity contribution in [3.63, 3.8) is 0 Å². The summed E-state index contributed by atoms with van der Waals surface area (Å²) in [6.07, 6.45) is 0.449. The van der Waals surface area contributed by atoms with Crippen LogP contribution in [0, 0.1) is 0 Å². The fourth-order valence-corrected chi connectivity index (χ4v) is 2.78. The zero-order valence-electron chi connectivity index (χ0n) is 12.8. The van der Waals surface area contributed by atoms with E-state index in [0.29, 0.717) is 6.61 Å². The average molecular weight is 393 g/mol. The molecular weight excluding hydrogens is 375 g/mol. The van der Waals surface area contributed by atoms with Crippen LogP contribution in [-0.4, -0.2) is 36.1 Å². The Kier molecular flexibility index (Phi) is 6.82. The quantitative estimate of drug-likeness (QED) is 0.741. The number of benzene rings is 2. The molecule has 0 aromatic heterocycles. The van der Waals surface area contributed by atoms with Crippen LogP contribution < -0.4 is 15.0 Å². The van der Waals surface area contributed by atoms with Crippen molar-refractivity contribution in [2.24, 2.45) is 0 Å². The molecule has 0 aliphatic rings. The number of amides is 1. The summed E-state index contributed by atoms with van der Waals surface area (Å²) in [5.41, 5.74) is 2.98. The minimum atomic E-state index is -0.433. The molecule has 0 saturated heterocycles. The van der Waals surface area contributed by atoms with E-state index in [0.717, 1.165) is 33.7 Å². The van der Waals surface area contributed by atoms with Crippen LogP contribution in [0.15, 0.2) is 42.5 Å². The van der Waals surface area contributed by atoms with Crippen LogP contribution in [0.2, 0.25) is 5.02 Å². The van der Waals surface area contributed by atoms with Gasteiger partial charge in [0.05, 0.1) is 0 Å².